The summed E-state index contributed by atoms with van der Waals surface area (Å²) >= 11 is 0. The third kappa shape index (κ3) is 10.5. The van der Waals surface area contributed by atoms with Crippen molar-refractivity contribution < 1.29 is 38.6 Å². The highest BCUT2D eigenvalue weighted by Gasteiger charge is 2.43. The molecule has 0 aromatic rings. The number of hydrogen-bond donors (Lipinski definition) is 3. The number of aliphatic hydroxyl groups is 3. The first-order chi connectivity index (χ1) is 13.3. The minimum atomic E-state index is -1.56. The Bertz CT molecular complexity index is 549. The van der Waals surface area contributed by atoms with Gasteiger partial charge < -0.3 is 24.8 Å². The molecular weight excluding hydrogens is 400 g/mol. The largest absolute Gasteiger partial charge is 0.465 e. The molecule has 172 valence electrons. The molecule has 4 atom stereocenters. The van der Waals surface area contributed by atoms with Crippen molar-refractivity contribution >= 4 is 22.7 Å². The van der Waals surface area contributed by atoms with Crippen molar-refractivity contribution in [3.8, 4) is 0 Å². The summed E-state index contributed by atoms with van der Waals surface area (Å²) in [5, 5.41) is 27.9. The lowest BCUT2D eigenvalue weighted by Crippen LogP contribution is -2.40. The number of hydrogen-bond acceptors (Lipinski definition) is 8. The molecule has 0 aromatic heterocycles. The van der Waals surface area contributed by atoms with Crippen LogP contribution in [0.1, 0.15) is 54.4 Å². The highest BCUT2D eigenvalue weighted by atomic mass is 32.2. The van der Waals surface area contributed by atoms with E-state index in [1.54, 1.807) is 20.8 Å². The number of carbonyl (C=O) groups excluding carboxylic acids is 2. The quantitative estimate of drug-likeness (QED) is 0.343. The third-order valence-corrected chi connectivity index (χ3v) is 6.09. The molecule has 29 heavy (non-hydrogen) atoms. The average molecular weight is 439 g/mol. The summed E-state index contributed by atoms with van der Waals surface area (Å²) in [6, 6.07) is 0. The normalized spacial score (nSPS) is 17.3. The van der Waals surface area contributed by atoms with Gasteiger partial charge in [0, 0.05) is 10.8 Å². The zero-order chi connectivity index (χ0) is 22.8. The molecule has 0 rings (SSSR count). The van der Waals surface area contributed by atoms with Crippen LogP contribution in [0.5, 0.6) is 0 Å². The lowest BCUT2D eigenvalue weighted by molar-refractivity contribution is -0.165. The molecule has 0 saturated carbocycles. The molecule has 0 radical (unpaired) electrons. The van der Waals surface area contributed by atoms with Crippen molar-refractivity contribution in [3.63, 3.8) is 0 Å². The fraction of sp³-hybridized carbons (Fsp3) is 0.900. The molecule has 0 bridgehead atoms. The van der Waals surface area contributed by atoms with E-state index >= 15 is 0 Å². The summed E-state index contributed by atoms with van der Waals surface area (Å²) in [5.41, 5.74) is -1.84. The molecule has 9 heteroatoms. The van der Waals surface area contributed by atoms with E-state index in [9.17, 15) is 24.0 Å². The van der Waals surface area contributed by atoms with Crippen LogP contribution in [0, 0.1) is 16.7 Å². The molecular formula is C20H38O8S. The first kappa shape index (κ1) is 28.0. The van der Waals surface area contributed by atoms with Gasteiger partial charge in [-0.2, -0.15) is 0 Å². The minimum absolute atomic E-state index is 0.166. The van der Waals surface area contributed by atoms with Crippen LogP contribution >= 0.6 is 0 Å². The van der Waals surface area contributed by atoms with Gasteiger partial charge in [0.05, 0.1) is 47.8 Å². The van der Waals surface area contributed by atoms with Crippen LogP contribution < -0.4 is 0 Å². The van der Waals surface area contributed by atoms with Crippen LogP contribution in [-0.4, -0.2) is 75.0 Å². The number of esters is 2. The molecule has 0 aliphatic heterocycles. The van der Waals surface area contributed by atoms with Gasteiger partial charge in [-0.15, -0.1) is 0 Å². The first-order valence-electron chi connectivity index (χ1n) is 9.93. The Hall–Kier alpha value is -1.03. The van der Waals surface area contributed by atoms with Crippen LogP contribution in [0.2, 0.25) is 0 Å². The van der Waals surface area contributed by atoms with Crippen molar-refractivity contribution in [1.82, 2.24) is 0 Å². The number of aliphatic hydroxyl groups excluding tert-OH is 3. The van der Waals surface area contributed by atoms with Gasteiger partial charge in [0.2, 0.25) is 0 Å². The molecule has 0 saturated heterocycles. The third-order valence-electron chi connectivity index (χ3n) is 4.58. The molecule has 0 amide bonds. The summed E-state index contributed by atoms with van der Waals surface area (Å²) in [5.74, 6) is -1.07. The summed E-state index contributed by atoms with van der Waals surface area (Å²) < 4.78 is 22.3. The maximum absolute atomic E-state index is 12.5. The van der Waals surface area contributed by atoms with Gasteiger partial charge in [-0.3, -0.25) is 13.8 Å². The van der Waals surface area contributed by atoms with Gasteiger partial charge in [-0.05, 0) is 39.5 Å². The molecule has 0 aliphatic carbocycles. The van der Waals surface area contributed by atoms with Gasteiger partial charge in [0.25, 0.3) is 0 Å². The van der Waals surface area contributed by atoms with Crippen molar-refractivity contribution in [3.05, 3.63) is 0 Å². The Morgan fingerprint density at radius 2 is 1.48 bits per heavy atom. The van der Waals surface area contributed by atoms with E-state index in [1.807, 2.05) is 20.8 Å². The molecule has 0 fully saturated rings. The predicted molar refractivity (Wildman–Crippen MR) is 111 cm³/mol. The Kier molecular flexibility index (Phi) is 12.2. The lowest BCUT2D eigenvalue weighted by atomic mass is 9.72. The van der Waals surface area contributed by atoms with Crippen molar-refractivity contribution in [2.75, 3.05) is 31.3 Å². The summed E-state index contributed by atoms with van der Waals surface area (Å²) in [6.45, 7) is 10.3. The Balaban J connectivity index is 4.76. The highest BCUT2D eigenvalue weighted by molar-refractivity contribution is 7.85. The van der Waals surface area contributed by atoms with Crippen LogP contribution in [-0.2, 0) is 29.9 Å². The molecule has 0 aliphatic rings. The average Bonchev–Trinajstić information content (AvgIpc) is 2.62. The Morgan fingerprint density at radius 1 is 0.966 bits per heavy atom. The number of rotatable bonds is 14. The molecule has 0 aromatic carbocycles. The fourth-order valence-corrected chi connectivity index (χ4v) is 3.97. The zero-order valence-corrected chi connectivity index (χ0v) is 19.3. The second-order valence-electron chi connectivity index (χ2n) is 8.83. The van der Waals surface area contributed by atoms with Crippen LogP contribution in [0.25, 0.3) is 0 Å². The fourth-order valence-electron chi connectivity index (χ4n) is 2.77. The van der Waals surface area contributed by atoms with Crippen molar-refractivity contribution in [1.29, 1.82) is 0 Å². The second-order valence-corrected chi connectivity index (χ2v) is 10.4. The molecule has 3 N–H and O–H groups in total. The predicted octanol–water partition coefficient (Wildman–Crippen LogP) is 1.02. The smallest absolute Gasteiger partial charge is 0.311 e. The van der Waals surface area contributed by atoms with E-state index in [0.717, 1.165) is 0 Å². The summed E-state index contributed by atoms with van der Waals surface area (Å²) in [7, 11) is -1.56. The van der Waals surface area contributed by atoms with E-state index in [2.05, 4.69) is 0 Å². The second kappa shape index (κ2) is 12.6. The Labute approximate surface area is 176 Å². The van der Waals surface area contributed by atoms with Crippen molar-refractivity contribution in [2.45, 2.75) is 66.6 Å². The minimum Gasteiger partial charge on any atom is -0.465 e. The van der Waals surface area contributed by atoms with Gasteiger partial charge in [0.1, 0.15) is 6.61 Å². The number of ether oxygens (including phenoxy) is 2. The van der Waals surface area contributed by atoms with Gasteiger partial charge in [-0.25, -0.2) is 0 Å². The van der Waals surface area contributed by atoms with Crippen molar-refractivity contribution in [2.24, 2.45) is 16.7 Å². The molecule has 4 unspecified atom stereocenters. The summed E-state index contributed by atoms with van der Waals surface area (Å²) in [4.78, 5) is 25.0. The lowest BCUT2D eigenvalue weighted by Gasteiger charge is -2.34. The van der Waals surface area contributed by atoms with E-state index in [4.69, 9.17) is 14.6 Å². The van der Waals surface area contributed by atoms with Gasteiger partial charge in [0.15, 0.2) is 0 Å². The molecule has 8 nitrogen and oxygen atoms in total. The van der Waals surface area contributed by atoms with E-state index < -0.39 is 46.4 Å². The van der Waals surface area contributed by atoms with Gasteiger partial charge in [-0.1, -0.05) is 20.8 Å². The zero-order valence-electron chi connectivity index (χ0n) is 18.5. The standard InChI is InChI=1S/C20H38O8S/c1-7-20(6,18(25)27-9-14(2)3)13-19(4,5)17(24)28-10-16(23)12-29(26)11-15(22)8-21/h14-16,21-23H,7-13H2,1-6H3. The van der Waals surface area contributed by atoms with Crippen LogP contribution in [0.4, 0.5) is 0 Å². The van der Waals surface area contributed by atoms with E-state index in [0.29, 0.717) is 13.0 Å². The van der Waals surface area contributed by atoms with Crippen LogP contribution in [0.3, 0.4) is 0 Å². The monoisotopic (exact) mass is 438 g/mol. The molecule has 0 spiro atoms. The highest BCUT2D eigenvalue weighted by Crippen LogP contribution is 2.38. The number of carbonyl (C=O) groups is 2. The topological polar surface area (TPSA) is 130 Å². The van der Waals surface area contributed by atoms with E-state index in [1.165, 1.54) is 0 Å². The maximum atomic E-state index is 12.5. The first-order valence-corrected chi connectivity index (χ1v) is 11.4. The van der Waals surface area contributed by atoms with E-state index in [-0.39, 0.29) is 36.4 Å². The SMILES string of the molecule is CCC(C)(CC(C)(C)C(=O)OCC(O)CS(=O)CC(O)CO)C(=O)OCC(C)C. The maximum Gasteiger partial charge on any atom is 0.311 e. The molecule has 0 heterocycles. The Morgan fingerprint density at radius 3 is 1.97 bits per heavy atom. The summed E-state index contributed by atoms with van der Waals surface area (Å²) in [6.07, 6.45) is -1.56. The van der Waals surface area contributed by atoms with Gasteiger partial charge >= 0.3 is 11.9 Å². The van der Waals surface area contributed by atoms with Crippen LogP contribution in [0.15, 0.2) is 0 Å².